The van der Waals surface area contributed by atoms with E-state index < -0.39 is 12.2 Å². The Morgan fingerprint density at radius 1 is 1.40 bits per heavy atom. The van der Waals surface area contributed by atoms with Gasteiger partial charge >= 0.3 is 0 Å². The SMILES string of the molecule is CNCC(O)C(O)c1ccc(Br)c(C)c1. The van der Waals surface area contributed by atoms with Crippen molar-refractivity contribution >= 4 is 15.9 Å². The highest BCUT2D eigenvalue weighted by Crippen LogP contribution is 2.22. The van der Waals surface area contributed by atoms with Crippen LogP contribution in [0.4, 0.5) is 0 Å². The molecule has 0 heterocycles. The largest absolute Gasteiger partial charge is 0.389 e. The summed E-state index contributed by atoms with van der Waals surface area (Å²) in [4.78, 5) is 0. The maximum atomic E-state index is 9.83. The molecular weight excluding hydrogens is 258 g/mol. The van der Waals surface area contributed by atoms with Gasteiger partial charge in [-0.3, -0.25) is 0 Å². The van der Waals surface area contributed by atoms with Crippen LogP contribution in [0.25, 0.3) is 0 Å². The van der Waals surface area contributed by atoms with Crippen molar-refractivity contribution in [1.82, 2.24) is 5.32 Å². The lowest BCUT2D eigenvalue weighted by molar-refractivity contribution is 0.0202. The van der Waals surface area contributed by atoms with Gasteiger partial charge in [-0.15, -0.1) is 0 Å². The second-order valence-electron chi connectivity index (χ2n) is 3.58. The van der Waals surface area contributed by atoms with Gasteiger partial charge in [0.15, 0.2) is 0 Å². The summed E-state index contributed by atoms with van der Waals surface area (Å²) in [6.07, 6.45) is -1.63. The summed E-state index contributed by atoms with van der Waals surface area (Å²) in [5, 5.41) is 22.3. The fourth-order valence-corrected chi connectivity index (χ4v) is 1.64. The normalized spacial score (nSPS) is 15.0. The van der Waals surface area contributed by atoms with Crippen molar-refractivity contribution in [1.29, 1.82) is 0 Å². The molecule has 0 saturated heterocycles. The quantitative estimate of drug-likeness (QED) is 0.777. The molecule has 0 radical (unpaired) electrons. The zero-order chi connectivity index (χ0) is 11.4. The molecule has 1 rings (SSSR count). The van der Waals surface area contributed by atoms with Crippen LogP contribution in [-0.2, 0) is 0 Å². The minimum atomic E-state index is -0.843. The van der Waals surface area contributed by atoms with Crippen LogP contribution >= 0.6 is 15.9 Å². The summed E-state index contributed by atoms with van der Waals surface area (Å²) in [6, 6.07) is 5.55. The standard InChI is InChI=1S/C11H16BrNO2/c1-7-5-8(3-4-9(7)12)11(15)10(14)6-13-2/h3-5,10-11,13-15H,6H2,1-2H3. The average molecular weight is 274 g/mol. The molecule has 2 atom stereocenters. The maximum absolute atomic E-state index is 9.83. The smallest absolute Gasteiger partial charge is 0.106 e. The van der Waals surface area contributed by atoms with Crippen molar-refractivity contribution in [2.45, 2.75) is 19.1 Å². The molecule has 0 amide bonds. The van der Waals surface area contributed by atoms with Crippen LogP contribution < -0.4 is 5.32 Å². The Morgan fingerprint density at radius 3 is 2.60 bits per heavy atom. The Morgan fingerprint density at radius 2 is 2.07 bits per heavy atom. The fourth-order valence-electron chi connectivity index (χ4n) is 1.39. The van der Waals surface area contributed by atoms with Crippen LogP contribution in [0.1, 0.15) is 17.2 Å². The molecule has 1 aromatic rings. The average Bonchev–Trinajstić information content (AvgIpc) is 2.21. The van der Waals surface area contributed by atoms with Crippen molar-refractivity contribution in [3.05, 3.63) is 33.8 Å². The lowest BCUT2D eigenvalue weighted by Crippen LogP contribution is -2.29. The number of nitrogens with one attached hydrogen (secondary N) is 1. The molecule has 15 heavy (non-hydrogen) atoms. The molecule has 0 aliphatic heterocycles. The Bertz CT molecular complexity index is 330. The van der Waals surface area contributed by atoms with Crippen molar-refractivity contribution in [3.8, 4) is 0 Å². The minimum absolute atomic E-state index is 0.371. The van der Waals surface area contributed by atoms with Crippen LogP contribution in [0.15, 0.2) is 22.7 Å². The van der Waals surface area contributed by atoms with Gasteiger partial charge in [0.2, 0.25) is 0 Å². The topological polar surface area (TPSA) is 52.5 Å². The van der Waals surface area contributed by atoms with E-state index in [-0.39, 0.29) is 0 Å². The third kappa shape index (κ3) is 3.28. The lowest BCUT2D eigenvalue weighted by Gasteiger charge is -2.18. The highest BCUT2D eigenvalue weighted by atomic mass is 79.9. The Kier molecular flexibility index (Phi) is 4.73. The number of hydrogen-bond acceptors (Lipinski definition) is 3. The van der Waals surface area contributed by atoms with Crippen LogP contribution in [0.2, 0.25) is 0 Å². The molecular formula is C11H16BrNO2. The van der Waals surface area contributed by atoms with Crippen molar-refractivity contribution in [2.75, 3.05) is 13.6 Å². The van der Waals surface area contributed by atoms with E-state index in [0.29, 0.717) is 6.54 Å². The number of likely N-dealkylation sites (N-methyl/N-ethyl adjacent to an activating group) is 1. The predicted octanol–water partition coefficient (Wildman–Crippen LogP) is 1.37. The van der Waals surface area contributed by atoms with E-state index in [1.54, 1.807) is 13.1 Å². The predicted molar refractivity (Wildman–Crippen MR) is 63.8 cm³/mol. The summed E-state index contributed by atoms with van der Waals surface area (Å²) in [6.45, 7) is 2.32. The first kappa shape index (κ1) is 12.6. The molecule has 4 heteroatoms. The molecule has 3 nitrogen and oxygen atoms in total. The fraction of sp³-hybridized carbons (Fsp3) is 0.455. The summed E-state index contributed by atoms with van der Waals surface area (Å²) in [5.41, 5.74) is 1.78. The van der Waals surface area contributed by atoms with Gasteiger partial charge in [-0.05, 0) is 31.2 Å². The lowest BCUT2D eigenvalue weighted by atomic mass is 10.0. The first-order valence-electron chi connectivity index (χ1n) is 4.83. The number of rotatable bonds is 4. The first-order valence-corrected chi connectivity index (χ1v) is 5.62. The summed E-state index contributed by atoms with van der Waals surface area (Å²) < 4.78 is 1.00. The Hall–Kier alpha value is -0.420. The zero-order valence-electron chi connectivity index (χ0n) is 8.87. The van der Waals surface area contributed by atoms with E-state index >= 15 is 0 Å². The molecule has 0 saturated carbocycles. The van der Waals surface area contributed by atoms with Gasteiger partial charge in [0.1, 0.15) is 6.10 Å². The van der Waals surface area contributed by atoms with Crippen LogP contribution in [0, 0.1) is 6.92 Å². The van der Waals surface area contributed by atoms with E-state index in [9.17, 15) is 10.2 Å². The molecule has 0 bridgehead atoms. The maximum Gasteiger partial charge on any atom is 0.106 e. The van der Waals surface area contributed by atoms with E-state index in [1.165, 1.54) is 0 Å². The van der Waals surface area contributed by atoms with E-state index in [4.69, 9.17) is 0 Å². The van der Waals surface area contributed by atoms with Gasteiger partial charge in [0.25, 0.3) is 0 Å². The molecule has 1 aromatic carbocycles. The summed E-state index contributed by atoms with van der Waals surface area (Å²) >= 11 is 3.39. The third-order valence-electron chi connectivity index (χ3n) is 2.30. The molecule has 0 spiro atoms. The monoisotopic (exact) mass is 273 g/mol. The van der Waals surface area contributed by atoms with Gasteiger partial charge in [-0.25, -0.2) is 0 Å². The van der Waals surface area contributed by atoms with E-state index in [1.807, 2.05) is 19.1 Å². The van der Waals surface area contributed by atoms with Gasteiger partial charge in [0.05, 0.1) is 6.10 Å². The number of aryl methyl sites for hydroxylation is 1. The number of benzene rings is 1. The minimum Gasteiger partial charge on any atom is -0.389 e. The second kappa shape index (κ2) is 5.61. The Balaban J connectivity index is 2.81. The number of hydrogen-bond donors (Lipinski definition) is 3. The van der Waals surface area contributed by atoms with Crippen LogP contribution in [0.5, 0.6) is 0 Å². The van der Waals surface area contributed by atoms with Gasteiger partial charge in [-0.2, -0.15) is 0 Å². The molecule has 0 aliphatic rings. The molecule has 0 aliphatic carbocycles. The van der Waals surface area contributed by atoms with Crippen LogP contribution in [-0.4, -0.2) is 29.9 Å². The summed E-state index contributed by atoms with van der Waals surface area (Å²) in [7, 11) is 1.74. The first-order chi connectivity index (χ1) is 7.06. The number of halogens is 1. The van der Waals surface area contributed by atoms with Crippen molar-refractivity contribution in [2.24, 2.45) is 0 Å². The molecule has 3 N–H and O–H groups in total. The Labute approximate surface area is 98.3 Å². The van der Waals surface area contributed by atoms with Crippen LogP contribution in [0.3, 0.4) is 0 Å². The molecule has 0 aromatic heterocycles. The van der Waals surface area contributed by atoms with E-state index in [2.05, 4.69) is 21.2 Å². The van der Waals surface area contributed by atoms with Gasteiger partial charge < -0.3 is 15.5 Å². The summed E-state index contributed by atoms with van der Waals surface area (Å²) in [5.74, 6) is 0. The van der Waals surface area contributed by atoms with E-state index in [0.717, 1.165) is 15.6 Å². The number of aliphatic hydroxyl groups excluding tert-OH is 2. The van der Waals surface area contributed by atoms with Crippen molar-refractivity contribution in [3.63, 3.8) is 0 Å². The third-order valence-corrected chi connectivity index (χ3v) is 3.19. The highest BCUT2D eigenvalue weighted by Gasteiger charge is 2.17. The zero-order valence-corrected chi connectivity index (χ0v) is 10.5. The highest BCUT2D eigenvalue weighted by molar-refractivity contribution is 9.10. The van der Waals surface area contributed by atoms with Crippen molar-refractivity contribution < 1.29 is 10.2 Å². The molecule has 84 valence electrons. The molecule has 2 unspecified atom stereocenters. The molecule has 0 fully saturated rings. The number of aliphatic hydroxyl groups is 2. The second-order valence-corrected chi connectivity index (χ2v) is 4.43. The van der Waals surface area contributed by atoms with Gasteiger partial charge in [-0.1, -0.05) is 28.1 Å². The van der Waals surface area contributed by atoms with Gasteiger partial charge in [0, 0.05) is 11.0 Å².